The molecule has 1 aliphatic carbocycles. The van der Waals surface area contributed by atoms with Crippen molar-refractivity contribution in [1.82, 2.24) is 14.8 Å². The Morgan fingerprint density at radius 3 is 2.96 bits per heavy atom. The molecule has 26 heavy (non-hydrogen) atoms. The van der Waals surface area contributed by atoms with Crippen LogP contribution in [-0.4, -0.2) is 52.9 Å². The molecule has 4 nitrogen and oxygen atoms in total. The summed E-state index contributed by atoms with van der Waals surface area (Å²) in [7, 11) is 0. The molecule has 1 aromatic heterocycles. The molecule has 1 saturated heterocycles. The monoisotopic (exact) mass is 347 g/mol. The Kier molecular flexibility index (Phi) is 3.75. The Labute approximate surface area is 154 Å². The Morgan fingerprint density at radius 2 is 2.15 bits per heavy atom. The van der Waals surface area contributed by atoms with Gasteiger partial charge in [-0.1, -0.05) is 24.3 Å². The van der Waals surface area contributed by atoms with E-state index in [1.807, 2.05) is 6.08 Å². The molecule has 4 heteroatoms. The molecule has 5 rings (SSSR count). The van der Waals surface area contributed by atoms with Gasteiger partial charge in [0.2, 0.25) is 5.91 Å². The zero-order valence-electron chi connectivity index (χ0n) is 15.1. The van der Waals surface area contributed by atoms with Crippen LogP contribution in [0.1, 0.15) is 24.0 Å². The Hall–Kier alpha value is -2.33. The first-order chi connectivity index (χ1) is 12.8. The fourth-order valence-corrected chi connectivity index (χ4v) is 5.02. The van der Waals surface area contributed by atoms with E-state index in [0.29, 0.717) is 11.9 Å². The van der Waals surface area contributed by atoms with E-state index in [-0.39, 0.29) is 5.92 Å². The molecule has 2 atom stereocenters. The lowest BCUT2D eigenvalue weighted by Crippen LogP contribution is -2.49. The zero-order valence-corrected chi connectivity index (χ0v) is 15.1. The van der Waals surface area contributed by atoms with Crippen molar-refractivity contribution in [2.24, 2.45) is 5.92 Å². The van der Waals surface area contributed by atoms with E-state index in [1.54, 1.807) is 0 Å². The largest absolute Gasteiger partial charge is 0.361 e. The van der Waals surface area contributed by atoms with Gasteiger partial charge in [-0.05, 0) is 42.0 Å². The first-order valence-corrected chi connectivity index (χ1v) is 9.71. The molecule has 1 fully saturated rings. The van der Waals surface area contributed by atoms with E-state index in [1.165, 1.54) is 27.6 Å². The molecular weight excluding hydrogens is 322 g/mol. The number of H-pyrrole nitrogens is 1. The van der Waals surface area contributed by atoms with Crippen LogP contribution < -0.4 is 0 Å². The summed E-state index contributed by atoms with van der Waals surface area (Å²) in [6, 6.07) is 6.81. The topological polar surface area (TPSA) is 39.3 Å². The number of fused-ring (bicyclic) bond motifs is 2. The van der Waals surface area contributed by atoms with Gasteiger partial charge < -0.3 is 9.88 Å². The molecule has 1 unspecified atom stereocenters. The Balaban J connectivity index is 1.60. The van der Waals surface area contributed by atoms with Gasteiger partial charge >= 0.3 is 0 Å². The molecule has 1 aromatic carbocycles. The number of nitrogens with zero attached hydrogens (tertiary/aromatic N) is 2. The molecule has 0 bridgehead atoms. The van der Waals surface area contributed by atoms with Gasteiger partial charge in [0.25, 0.3) is 0 Å². The second-order valence-corrected chi connectivity index (χ2v) is 7.77. The lowest BCUT2D eigenvalue weighted by atomic mass is 9.79. The number of hydrogen-bond acceptors (Lipinski definition) is 2. The highest BCUT2D eigenvalue weighted by molar-refractivity contribution is 5.99. The minimum atomic E-state index is -0.0463. The van der Waals surface area contributed by atoms with Crippen LogP contribution in [0.3, 0.4) is 0 Å². The third-order valence-corrected chi connectivity index (χ3v) is 6.22. The van der Waals surface area contributed by atoms with Gasteiger partial charge in [0.05, 0.1) is 5.92 Å². The number of benzene rings is 1. The average molecular weight is 347 g/mol. The highest BCUT2D eigenvalue weighted by Gasteiger charge is 2.38. The predicted molar refractivity (Wildman–Crippen MR) is 105 cm³/mol. The molecule has 134 valence electrons. The molecule has 3 aliphatic rings. The average Bonchev–Trinajstić information content (AvgIpc) is 3.33. The lowest BCUT2D eigenvalue weighted by molar-refractivity contribution is -0.133. The van der Waals surface area contributed by atoms with Crippen molar-refractivity contribution in [2.75, 3.05) is 26.2 Å². The summed E-state index contributed by atoms with van der Waals surface area (Å²) in [6.45, 7) is 7.40. The molecule has 2 aliphatic heterocycles. The van der Waals surface area contributed by atoms with Gasteiger partial charge in [-0.2, -0.15) is 0 Å². The molecule has 0 saturated carbocycles. The van der Waals surface area contributed by atoms with Crippen LogP contribution in [-0.2, 0) is 11.2 Å². The molecule has 2 aromatic rings. The highest BCUT2D eigenvalue weighted by Crippen LogP contribution is 2.41. The number of likely N-dealkylation sites (tertiary alicyclic amines) is 1. The predicted octanol–water partition coefficient (Wildman–Crippen LogP) is 3.22. The number of nitrogens with one attached hydrogen (secondary N) is 1. The van der Waals surface area contributed by atoms with Gasteiger partial charge in [-0.15, -0.1) is 6.58 Å². The maximum absolute atomic E-state index is 13.1. The third kappa shape index (κ3) is 2.36. The van der Waals surface area contributed by atoms with Crippen LogP contribution in [0.2, 0.25) is 0 Å². The Morgan fingerprint density at radius 1 is 1.31 bits per heavy atom. The van der Waals surface area contributed by atoms with Gasteiger partial charge in [0.15, 0.2) is 0 Å². The molecule has 1 amide bonds. The summed E-state index contributed by atoms with van der Waals surface area (Å²) >= 11 is 0. The van der Waals surface area contributed by atoms with E-state index in [0.717, 1.165) is 45.4 Å². The van der Waals surface area contributed by atoms with Crippen LogP contribution in [0, 0.1) is 5.92 Å². The van der Waals surface area contributed by atoms with Crippen LogP contribution in [0.5, 0.6) is 0 Å². The van der Waals surface area contributed by atoms with E-state index < -0.39 is 0 Å². The molecule has 1 N–H and O–H groups in total. The number of carbonyl (C=O) groups excluding carboxylic acids is 1. The quantitative estimate of drug-likeness (QED) is 0.866. The maximum atomic E-state index is 13.1. The normalized spacial score (nSPS) is 25.2. The van der Waals surface area contributed by atoms with E-state index in [9.17, 15) is 4.79 Å². The van der Waals surface area contributed by atoms with Crippen LogP contribution in [0.15, 0.2) is 43.1 Å². The molecule has 0 radical (unpaired) electrons. The summed E-state index contributed by atoms with van der Waals surface area (Å²) in [5, 5.41) is 1.34. The highest BCUT2D eigenvalue weighted by atomic mass is 16.2. The van der Waals surface area contributed by atoms with Gasteiger partial charge in [-0.3, -0.25) is 9.69 Å². The summed E-state index contributed by atoms with van der Waals surface area (Å²) in [5.74, 6) is 0.254. The standard InChI is InChI=1S/C22H25N3O/c1-2-8-25-14-16(22(26)24-9-3-4-10-24)11-18-17-6-5-7-19-21(17)15(13-23-19)12-20(18)25/h2,5-7,11,13,16,20,23H,1,3-4,8-10,12,14H2/t16-,20?/m1/s1. The van der Waals surface area contributed by atoms with E-state index >= 15 is 0 Å². The van der Waals surface area contributed by atoms with Crippen molar-refractivity contribution in [3.8, 4) is 0 Å². The lowest BCUT2D eigenvalue weighted by Gasteiger charge is -2.41. The molecular formula is C22H25N3O. The SMILES string of the molecule is C=CCN1C[C@H](C(=O)N2CCCC2)C=C2c3cccc4[nH]cc(c34)CC21. The number of hydrogen-bond donors (Lipinski definition) is 1. The van der Waals surface area contributed by atoms with E-state index in [4.69, 9.17) is 0 Å². The van der Waals surface area contributed by atoms with Crippen molar-refractivity contribution >= 4 is 22.4 Å². The number of rotatable bonds is 3. The summed E-state index contributed by atoms with van der Waals surface area (Å²) in [6.07, 6.45) is 9.67. The second-order valence-electron chi connectivity index (χ2n) is 7.77. The van der Waals surface area contributed by atoms with Gasteiger partial charge in [0.1, 0.15) is 0 Å². The zero-order chi connectivity index (χ0) is 17.7. The fraction of sp³-hybridized carbons (Fsp3) is 0.409. The van der Waals surface area contributed by atoms with Crippen molar-refractivity contribution in [3.63, 3.8) is 0 Å². The van der Waals surface area contributed by atoms with Crippen molar-refractivity contribution < 1.29 is 4.79 Å². The number of amides is 1. The second kappa shape index (κ2) is 6.13. The van der Waals surface area contributed by atoms with Crippen molar-refractivity contribution in [2.45, 2.75) is 25.3 Å². The number of aromatic nitrogens is 1. The number of aromatic amines is 1. The van der Waals surface area contributed by atoms with Crippen molar-refractivity contribution in [1.29, 1.82) is 0 Å². The fourth-order valence-electron chi connectivity index (χ4n) is 5.02. The van der Waals surface area contributed by atoms with Gasteiger partial charge in [-0.25, -0.2) is 0 Å². The van der Waals surface area contributed by atoms with Crippen LogP contribution in [0.4, 0.5) is 0 Å². The summed E-state index contributed by atoms with van der Waals surface area (Å²) in [5.41, 5.74) is 5.20. The minimum absolute atomic E-state index is 0.0463. The maximum Gasteiger partial charge on any atom is 0.230 e. The first-order valence-electron chi connectivity index (χ1n) is 9.71. The van der Waals surface area contributed by atoms with Crippen LogP contribution in [0.25, 0.3) is 16.5 Å². The summed E-state index contributed by atoms with van der Waals surface area (Å²) < 4.78 is 0. The Bertz CT molecular complexity index is 903. The van der Waals surface area contributed by atoms with Gasteiger partial charge in [0, 0.05) is 49.3 Å². The van der Waals surface area contributed by atoms with E-state index in [2.05, 4.69) is 51.8 Å². The third-order valence-electron chi connectivity index (χ3n) is 6.22. The minimum Gasteiger partial charge on any atom is -0.361 e. The molecule has 3 heterocycles. The smallest absolute Gasteiger partial charge is 0.230 e. The van der Waals surface area contributed by atoms with Crippen LogP contribution >= 0.6 is 0 Å². The molecule has 0 spiro atoms. The first kappa shape index (κ1) is 15.9. The summed E-state index contributed by atoms with van der Waals surface area (Å²) in [4.78, 5) is 21.0. The van der Waals surface area contributed by atoms with Crippen molar-refractivity contribution in [3.05, 3.63) is 54.3 Å². The number of carbonyl (C=O) groups is 1.